The Labute approximate surface area is 367 Å². The van der Waals surface area contributed by atoms with Crippen molar-refractivity contribution in [3.8, 4) is 0 Å². The number of quaternary nitrogens is 1. The van der Waals surface area contributed by atoms with Crippen LogP contribution < -0.4 is 16.5 Å². The van der Waals surface area contributed by atoms with E-state index in [2.05, 4.69) is 16.6 Å². The van der Waals surface area contributed by atoms with E-state index in [0.29, 0.717) is 36.1 Å². The molecule has 0 bridgehead atoms. The van der Waals surface area contributed by atoms with Gasteiger partial charge >= 0.3 is 0 Å². The Morgan fingerprint density at radius 2 is 1.13 bits per heavy atom. The average molecular weight is 1070 g/mol. The fourth-order valence-corrected chi connectivity index (χ4v) is 3.21. The molecular formula is C21H35N6O11Zn8+. The molecule has 46 heavy (non-hydrogen) atoms. The maximum absolute atomic E-state index is 10.4. The van der Waals surface area contributed by atoms with Crippen LogP contribution in [0.5, 0.6) is 0 Å². The van der Waals surface area contributed by atoms with Gasteiger partial charge in [0.1, 0.15) is 5.29 Å². The summed E-state index contributed by atoms with van der Waals surface area (Å²) in [6.45, 7) is 0.791. The topological polar surface area (TPSA) is 313 Å². The normalized spacial score (nSPS) is 8.85. The standard InChI is InChI=1S/C11H17NO4.C10H16N4O6.HNO.8Zn/c12-5-1-2-7-6-8(10(13)14)3-4-9(7)11(15)16;11-3-4-13(14(20)12-19)8-5-6(9(15)16)1-2-7(8)10(17)18;1-2;;;;;;;;/h3-4,6,10-11,13-16H,1-2,5,12H2;1-2,5,9-10,15-18,20H,3-4,11H2;1H;;;;;;;;/p+1. The molecule has 0 heterocycles. The molecule has 0 unspecified atom stereocenters. The van der Waals surface area contributed by atoms with Gasteiger partial charge in [-0.25, -0.2) is 5.01 Å². The van der Waals surface area contributed by atoms with Gasteiger partial charge in [-0.05, 0) is 36.3 Å². The number of nitrogens with two attached hydrogens (primary N) is 1. The van der Waals surface area contributed by atoms with E-state index in [1.807, 2.05) is 0 Å². The Balaban J connectivity index is -0.0000000701. The molecule has 2 aromatic carbocycles. The number of hydrogen-bond donors (Lipinski definition) is 12. The molecule has 0 aliphatic rings. The molecule has 0 fully saturated rings. The number of hydrogen-bond acceptors (Lipinski definition) is 15. The molecule has 0 aliphatic heterocycles. The van der Waals surface area contributed by atoms with Gasteiger partial charge < -0.3 is 52.3 Å². The molecule has 17 nitrogen and oxygen atoms in total. The Kier molecular flexibility index (Phi) is 59.8. The molecule has 0 radical (unpaired) electrons. The van der Waals surface area contributed by atoms with E-state index < -0.39 is 25.2 Å². The number of aryl methyl sites for hydroxylation is 1. The number of anilines is 1. The summed E-state index contributed by atoms with van der Waals surface area (Å²) in [5, 5.41) is 85.7. The van der Waals surface area contributed by atoms with Crippen molar-refractivity contribution in [2.75, 3.05) is 24.6 Å². The van der Waals surface area contributed by atoms with E-state index in [1.165, 1.54) is 30.3 Å². The molecule has 15 N–H and O–H groups in total. The first kappa shape index (κ1) is 69.5. The molecule has 0 spiro atoms. The predicted molar refractivity (Wildman–Crippen MR) is 130 cm³/mol. The second kappa shape index (κ2) is 39.6. The van der Waals surface area contributed by atoms with Gasteiger partial charge in [-0.3, -0.25) is 5.21 Å². The molecule has 0 saturated carbocycles. The zero-order chi connectivity index (χ0) is 29.4. The number of aliphatic hydroxyl groups is 8. The Bertz CT molecular complexity index is 996. The number of nitrogens with zero attached hydrogens (tertiary/aromatic N) is 3. The van der Waals surface area contributed by atoms with Crippen LogP contribution in [0.25, 0.3) is 0 Å². The van der Waals surface area contributed by atoms with Gasteiger partial charge in [0.25, 0.3) is 0 Å². The molecule has 2 aromatic rings. The summed E-state index contributed by atoms with van der Waals surface area (Å²) in [5.41, 5.74) is 14.8. The minimum absolute atomic E-state index is 0. The number of hydrazine groups is 1. The Morgan fingerprint density at radius 3 is 1.48 bits per heavy atom. The van der Waals surface area contributed by atoms with E-state index in [0.717, 1.165) is 5.01 Å². The zero-order valence-electron chi connectivity index (χ0n) is 25.9. The van der Waals surface area contributed by atoms with E-state index >= 15 is 0 Å². The Hall–Kier alpha value is 1.79. The number of nitrogens with one attached hydrogen (secondary N) is 1. The van der Waals surface area contributed by atoms with E-state index in [1.54, 1.807) is 6.07 Å². The molecule has 0 atom stereocenters. The van der Waals surface area contributed by atoms with E-state index in [9.17, 15) is 20.3 Å². The molecule has 230 valence electrons. The number of benzene rings is 2. The maximum Gasteiger partial charge on any atom is 0.180 e. The zero-order valence-corrected chi connectivity index (χ0v) is 49.7. The van der Waals surface area contributed by atoms with E-state index in [-0.39, 0.29) is 191 Å². The molecule has 0 aliphatic carbocycles. The summed E-state index contributed by atoms with van der Waals surface area (Å²) in [4.78, 5) is 17.9. The van der Waals surface area contributed by atoms with Crippen molar-refractivity contribution in [2.45, 2.75) is 38.0 Å². The van der Waals surface area contributed by atoms with Crippen LogP contribution in [0, 0.1) is 15.4 Å². The molecule has 0 amide bonds. The summed E-state index contributed by atoms with van der Waals surface area (Å²) < 4.78 is 0. The van der Waals surface area contributed by atoms with Crippen molar-refractivity contribution in [3.63, 3.8) is 0 Å². The molecule has 2 rings (SSSR count). The maximum atomic E-state index is 10.4. The number of aliphatic hydroxyl groups excluding tert-OH is 4. The molecular weight excluding hydrogens is 1040 g/mol. The SMILES string of the molecule is N=O.NCCCc1cc(C(O)O)ccc1C(O)O.[NH3+]CCN(c1cc(C(O)O)ccc1C(O)O)N(O)N=O.[Zn].[Zn].[Zn].[Zn].[Zn].[Zn].[Zn].[Zn]. The molecule has 25 heteroatoms. The van der Waals surface area contributed by atoms with Gasteiger partial charge in [-0.2, -0.15) is 4.91 Å². The largest absolute Gasteiger partial charge is 0.364 e. The van der Waals surface area contributed by atoms with Crippen LogP contribution in [0.2, 0.25) is 0 Å². The summed E-state index contributed by atoms with van der Waals surface area (Å²) in [6.07, 6.45) is -5.52. The third kappa shape index (κ3) is 24.9. The Morgan fingerprint density at radius 1 is 0.717 bits per heavy atom. The van der Waals surface area contributed by atoms with Crippen molar-refractivity contribution >= 4 is 5.69 Å². The van der Waals surface area contributed by atoms with E-state index in [4.69, 9.17) is 41.3 Å². The van der Waals surface area contributed by atoms with Crippen molar-refractivity contribution in [1.29, 1.82) is 5.59 Å². The van der Waals surface area contributed by atoms with Crippen LogP contribution in [0.1, 0.15) is 59.4 Å². The fraction of sp³-hybridized carbons (Fsp3) is 0.429. The van der Waals surface area contributed by atoms with Crippen molar-refractivity contribution in [3.05, 3.63) is 74.0 Å². The smallest absolute Gasteiger partial charge is 0.180 e. The molecule has 0 saturated heterocycles. The van der Waals surface area contributed by atoms with Crippen LogP contribution in [0.4, 0.5) is 5.69 Å². The van der Waals surface area contributed by atoms with Gasteiger partial charge in [0.15, 0.2) is 25.2 Å². The predicted octanol–water partition coefficient (Wildman–Crippen LogP) is -2.16. The van der Waals surface area contributed by atoms with Crippen LogP contribution in [0.15, 0.2) is 41.7 Å². The van der Waals surface area contributed by atoms with Crippen molar-refractivity contribution in [2.24, 2.45) is 11.0 Å². The van der Waals surface area contributed by atoms with Crippen molar-refractivity contribution in [1.82, 2.24) is 5.28 Å². The summed E-state index contributed by atoms with van der Waals surface area (Å²) in [6, 6.07) is 8.15. The second-order valence-corrected chi connectivity index (χ2v) is 7.49. The first-order valence-corrected chi connectivity index (χ1v) is 11.0. The van der Waals surface area contributed by atoms with Crippen LogP contribution in [0.3, 0.4) is 0 Å². The first-order chi connectivity index (χ1) is 18.0. The van der Waals surface area contributed by atoms with Gasteiger partial charge in [0.2, 0.25) is 0 Å². The minimum Gasteiger partial charge on any atom is -0.364 e. The average Bonchev–Trinajstić information content (AvgIpc) is 2.90. The van der Waals surface area contributed by atoms with Crippen LogP contribution >= 0.6 is 0 Å². The summed E-state index contributed by atoms with van der Waals surface area (Å²) in [5.74, 6) is 0. The monoisotopic (exact) mass is 1060 g/mol. The van der Waals surface area contributed by atoms with Crippen LogP contribution in [-0.2, 0) is 162 Å². The number of rotatable bonds is 12. The minimum atomic E-state index is -1.89. The third-order valence-corrected chi connectivity index (χ3v) is 4.96. The van der Waals surface area contributed by atoms with Gasteiger partial charge in [0, 0.05) is 178 Å². The summed E-state index contributed by atoms with van der Waals surface area (Å²) in [7, 11) is 0. The van der Waals surface area contributed by atoms with Gasteiger partial charge in [0.05, 0.1) is 18.8 Å². The fourth-order valence-electron chi connectivity index (χ4n) is 3.21. The first-order valence-electron chi connectivity index (χ1n) is 11.0. The van der Waals surface area contributed by atoms with Gasteiger partial charge in [-0.15, -0.1) is 4.91 Å². The van der Waals surface area contributed by atoms with Gasteiger partial charge in [-0.1, -0.05) is 35.9 Å². The number of nitroso groups, excluding NO2 is 2. The second-order valence-electron chi connectivity index (χ2n) is 7.49. The van der Waals surface area contributed by atoms with Crippen molar-refractivity contribution < 1.29 is 208 Å². The van der Waals surface area contributed by atoms with Crippen LogP contribution in [-0.4, -0.2) is 71.0 Å². The molecule has 0 aromatic heterocycles. The quantitative estimate of drug-likeness (QED) is 0.0467. The third-order valence-electron chi connectivity index (χ3n) is 4.96. The summed E-state index contributed by atoms with van der Waals surface area (Å²) >= 11 is 0.